The molecule has 0 unspecified atom stereocenters. The van der Waals surface area contributed by atoms with E-state index in [0.29, 0.717) is 5.56 Å². The molecule has 5 heteroatoms. The number of nitrogens with zero attached hydrogens (tertiary/aromatic N) is 2. The Bertz CT molecular complexity index is 932. The highest BCUT2D eigenvalue weighted by atomic mass is 16.3. The first-order valence-corrected chi connectivity index (χ1v) is 7.50. The van der Waals surface area contributed by atoms with Gasteiger partial charge in [-0.1, -0.05) is 60.7 Å². The Hall–Kier alpha value is -3.21. The maximum atomic E-state index is 12.6. The highest BCUT2D eigenvalue weighted by Gasteiger charge is 2.22. The molecule has 0 saturated carbocycles. The number of benzene rings is 2. The molecule has 1 N–H and O–H groups in total. The summed E-state index contributed by atoms with van der Waals surface area (Å²) in [5.41, 5.74) is 0.804. The second kappa shape index (κ2) is 6.50. The van der Waals surface area contributed by atoms with Gasteiger partial charge in [-0.15, -0.1) is 0 Å². The predicted molar refractivity (Wildman–Crippen MR) is 91.1 cm³/mol. The van der Waals surface area contributed by atoms with Crippen LogP contribution in [0, 0.1) is 0 Å². The fourth-order valence-corrected chi connectivity index (χ4v) is 2.54. The zero-order chi connectivity index (χ0) is 17.1. The number of aryl methyl sites for hydroxylation is 1. The van der Waals surface area contributed by atoms with Crippen LogP contribution in [0.1, 0.15) is 15.9 Å². The molecule has 0 aliphatic carbocycles. The summed E-state index contributed by atoms with van der Waals surface area (Å²) in [6, 6.07) is 18.1. The molecule has 3 aromatic rings. The lowest BCUT2D eigenvalue weighted by atomic mass is 10.0. The van der Waals surface area contributed by atoms with Crippen LogP contribution < -0.4 is 5.56 Å². The van der Waals surface area contributed by atoms with Gasteiger partial charge >= 0.3 is 0 Å². The number of ketones is 1. The van der Waals surface area contributed by atoms with E-state index in [1.54, 1.807) is 36.4 Å². The molecule has 0 aliphatic rings. The minimum Gasteiger partial charge on any atom is -0.505 e. The summed E-state index contributed by atoms with van der Waals surface area (Å²) in [4.78, 5) is 24.9. The number of rotatable bonds is 4. The summed E-state index contributed by atoms with van der Waals surface area (Å²) in [6.45, 7) is 0. The van der Waals surface area contributed by atoms with Gasteiger partial charge in [0.2, 0.25) is 0 Å². The van der Waals surface area contributed by atoms with E-state index in [4.69, 9.17) is 0 Å². The number of Topliss-reactive ketones (excluding diaryl/α,β-unsaturated/α-hetero) is 1. The number of aromatic nitrogens is 2. The van der Waals surface area contributed by atoms with Crippen LogP contribution in [0.2, 0.25) is 0 Å². The van der Waals surface area contributed by atoms with Crippen LogP contribution in [0.25, 0.3) is 11.3 Å². The predicted octanol–water partition coefficient (Wildman–Crippen LogP) is 2.58. The standard InChI is InChI=1S/C19H16N2O3/c1-21-19(24)16(15(22)12-13-8-4-2-5-9-13)18(23)17(20-21)14-10-6-3-7-11-14/h2-11,23H,12H2,1H3. The maximum Gasteiger partial charge on any atom is 0.281 e. The first-order chi connectivity index (χ1) is 11.6. The third kappa shape index (κ3) is 2.96. The van der Waals surface area contributed by atoms with E-state index in [2.05, 4.69) is 5.10 Å². The average molecular weight is 320 g/mol. The number of aromatic hydroxyl groups is 1. The average Bonchev–Trinajstić information content (AvgIpc) is 2.60. The molecule has 0 aliphatic heterocycles. The monoisotopic (exact) mass is 320 g/mol. The Labute approximate surface area is 138 Å². The molecule has 5 nitrogen and oxygen atoms in total. The minimum atomic E-state index is -0.604. The summed E-state index contributed by atoms with van der Waals surface area (Å²) < 4.78 is 1.08. The Balaban J connectivity index is 2.09. The lowest BCUT2D eigenvalue weighted by Crippen LogP contribution is -2.27. The van der Waals surface area contributed by atoms with Gasteiger partial charge in [-0.05, 0) is 5.56 Å². The van der Waals surface area contributed by atoms with Crippen molar-refractivity contribution < 1.29 is 9.90 Å². The Morgan fingerprint density at radius 3 is 2.25 bits per heavy atom. The lowest BCUT2D eigenvalue weighted by molar-refractivity contribution is 0.0988. The Morgan fingerprint density at radius 1 is 1.04 bits per heavy atom. The number of hydrogen-bond donors (Lipinski definition) is 1. The summed E-state index contributed by atoms with van der Waals surface area (Å²) in [6.07, 6.45) is 0.0435. The van der Waals surface area contributed by atoms with Crippen molar-refractivity contribution in [1.82, 2.24) is 9.78 Å². The van der Waals surface area contributed by atoms with E-state index in [1.165, 1.54) is 7.05 Å². The van der Waals surface area contributed by atoms with Crippen LogP contribution >= 0.6 is 0 Å². The van der Waals surface area contributed by atoms with Crippen LogP contribution in [-0.2, 0) is 13.5 Å². The molecule has 0 spiro atoms. The highest BCUT2D eigenvalue weighted by molar-refractivity contribution is 6.01. The Kier molecular flexibility index (Phi) is 4.24. The topological polar surface area (TPSA) is 72.2 Å². The van der Waals surface area contributed by atoms with E-state index in [9.17, 15) is 14.7 Å². The van der Waals surface area contributed by atoms with Gasteiger partial charge in [0.15, 0.2) is 11.5 Å². The van der Waals surface area contributed by atoms with Gasteiger partial charge in [0, 0.05) is 19.0 Å². The number of carbonyl (C=O) groups is 1. The molecule has 3 rings (SSSR count). The molecular weight excluding hydrogens is 304 g/mol. The summed E-state index contributed by atoms with van der Waals surface area (Å²) in [5.74, 6) is -0.802. The van der Waals surface area contributed by atoms with Gasteiger partial charge in [0.25, 0.3) is 5.56 Å². The van der Waals surface area contributed by atoms with Crippen LogP contribution in [0.15, 0.2) is 65.5 Å². The highest BCUT2D eigenvalue weighted by Crippen LogP contribution is 2.28. The quantitative estimate of drug-likeness (QED) is 0.750. The van der Waals surface area contributed by atoms with E-state index in [-0.39, 0.29) is 23.4 Å². The SMILES string of the molecule is Cn1nc(-c2ccccc2)c(O)c(C(=O)Cc2ccccc2)c1=O. The smallest absolute Gasteiger partial charge is 0.281 e. The van der Waals surface area contributed by atoms with Crippen molar-refractivity contribution in [2.45, 2.75) is 6.42 Å². The van der Waals surface area contributed by atoms with E-state index >= 15 is 0 Å². The van der Waals surface area contributed by atoms with Crippen molar-refractivity contribution in [3.63, 3.8) is 0 Å². The molecule has 0 atom stereocenters. The summed E-state index contributed by atoms with van der Waals surface area (Å²) in [5, 5.41) is 14.6. The third-order valence-corrected chi connectivity index (χ3v) is 3.75. The second-order valence-corrected chi connectivity index (χ2v) is 5.45. The summed E-state index contributed by atoms with van der Waals surface area (Å²) >= 11 is 0. The zero-order valence-corrected chi connectivity index (χ0v) is 13.1. The first kappa shape index (κ1) is 15.7. The van der Waals surface area contributed by atoms with Crippen molar-refractivity contribution in [1.29, 1.82) is 0 Å². The molecule has 0 saturated heterocycles. The van der Waals surface area contributed by atoms with Gasteiger partial charge in [-0.2, -0.15) is 5.10 Å². The number of hydrogen-bond acceptors (Lipinski definition) is 4. The zero-order valence-electron chi connectivity index (χ0n) is 13.1. The summed E-state index contributed by atoms with van der Waals surface area (Å²) in [7, 11) is 1.47. The van der Waals surface area contributed by atoms with Crippen molar-refractivity contribution in [3.8, 4) is 17.0 Å². The molecule has 24 heavy (non-hydrogen) atoms. The largest absolute Gasteiger partial charge is 0.505 e. The lowest BCUT2D eigenvalue weighted by Gasteiger charge is -2.10. The molecule has 0 fully saturated rings. The van der Waals surface area contributed by atoms with Gasteiger partial charge in [0.1, 0.15) is 11.3 Å². The van der Waals surface area contributed by atoms with Crippen LogP contribution in [0.3, 0.4) is 0 Å². The van der Waals surface area contributed by atoms with Gasteiger partial charge in [0.05, 0.1) is 0 Å². The van der Waals surface area contributed by atoms with Crippen LogP contribution in [0.4, 0.5) is 0 Å². The number of carbonyl (C=O) groups excluding carboxylic acids is 1. The Morgan fingerprint density at radius 2 is 1.62 bits per heavy atom. The second-order valence-electron chi connectivity index (χ2n) is 5.45. The van der Waals surface area contributed by atoms with Crippen molar-refractivity contribution in [3.05, 3.63) is 82.1 Å². The molecule has 1 heterocycles. The fraction of sp³-hybridized carbons (Fsp3) is 0.105. The third-order valence-electron chi connectivity index (χ3n) is 3.75. The van der Waals surface area contributed by atoms with E-state index in [0.717, 1.165) is 10.2 Å². The molecule has 0 bridgehead atoms. The van der Waals surface area contributed by atoms with Gasteiger partial charge < -0.3 is 5.11 Å². The molecule has 120 valence electrons. The maximum absolute atomic E-state index is 12.6. The molecular formula is C19H16N2O3. The van der Waals surface area contributed by atoms with Crippen molar-refractivity contribution >= 4 is 5.78 Å². The molecule has 2 aromatic carbocycles. The van der Waals surface area contributed by atoms with Gasteiger partial charge in [-0.25, -0.2) is 4.68 Å². The van der Waals surface area contributed by atoms with Crippen molar-refractivity contribution in [2.24, 2.45) is 7.05 Å². The van der Waals surface area contributed by atoms with Gasteiger partial charge in [-0.3, -0.25) is 9.59 Å². The van der Waals surface area contributed by atoms with Crippen LogP contribution in [-0.4, -0.2) is 20.7 Å². The molecule has 0 radical (unpaired) electrons. The van der Waals surface area contributed by atoms with Crippen molar-refractivity contribution in [2.75, 3.05) is 0 Å². The first-order valence-electron chi connectivity index (χ1n) is 7.50. The van der Waals surface area contributed by atoms with E-state index < -0.39 is 11.3 Å². The molecule has 1 aromatic heterocycles. The fourth-order valence-electron chi connectivity index (χ4n) is 2.54. The minimum absolute atomic E-state index is 0.0435. The van der Waals surface area contributed by atoms with E-state index in [1.807, 2.05) is 24.3 Å². The molecule has 0 amide bonds. The van der Waals surface area contributed by atoms with Crippen LogP contribution in [0.5, 0.6) is 5.75 Å². The normalized spacial score (nSPS) is 10.5.